The molecule has 0 spiro atoms. The van der Waals surface area contributed by atoms with E-state index in [9.17, 15) is 4.79 Å². The Bertz CT molecular complexity index is 360. The molecule has 0 bridgehead atoms. The van der Waals surface area contributed by atoms with Crippen molar-refractivity contribution in [3.05, 3.63) is 0 Å². The Morgan fingerprint density at radius 3 is 2.17 bits per heavy atom. The molecule has 104 valence electrons. The van der Waals surface area contributed by atoms with Gasteiger partial charge in [-0.05, 0) is 17.8 Å². The fourth-order valence-corrected chi connectivity index (χ4v) is 2.72. The molecule has 0 aliphatic heterocycles. The van der Waals surface area contributed by atoms with Crippen molar-refractivity contribution < 1.29 is 10.0 Å². The van der Waals surface area contributed by atoms with Gasteiger partial charge in [0.25, 0.3) is 0 Å². The Labute approximate surface area is 109 Å². The van der Waals surface area contributed by atoms with Crippen molar-refractivity contribution in [1.82, 2.24) is 4.90 Å². The number of nitrogens with two attached hydrogens (primary N) is 1. The molecular formula is C13H25N3O2. The summed E-state index contributed by atoms with van der Waals surface area (Å²) in [5, 5.41) is 11.5. The van der Waals surface area contributed by atoms with Crippen LogP contribution in [0.15, 0.2) is 5.16 Å². The number of hydrogen-bond donors (Lipinski definition) is 2. The van der Waals surface area contributed by atoms with E-state index >= 15 is 0 Å². The zero-order chi connectivity index (χ0) is 14.3. The van der Waals surface area contributed by atoms with Gasteiger partial charge in [-0.15, -0.1) is 0 Å². The number of carbonyl (C=O) groups excluding carboxylic acids is 1. The molecule has 1 aliphatic rings. The highest BCUT2D eigenvalue weighted by atomic mass is 16.4. The molecule has 0 radical (unpaired) electrons. The van der Waals surface area contributed by atoms with Crippen molar-refractivity contribution in [3.63, 3.8) is 0 Å². The Morgan fingerprint density at radius 2 is 1.83 bits per heavy atom. The monoisotopic (exact) mass is 255 g/mol. The standard InChI is InChI=1S/C13H25N3O2/c1-8(7-9(14)15-18)16(6)11(17)10-12(2,3)13(10,4)5/h8,10,18H,7H2,1-6H3,(H2,14,15). The molecule has 0 aromatic heterocycles. The van der Waals surface area contributed by atoms with E-state index in [1.54, 1.807) is 11.9 Å². The SMILES string of the molecule is CC(CC(N)=NO)N(C)C(=O)C1C(C)(C)C1(C)C. The number of nitrogens with zero attached hydrogens (tertiary/aromatic N) is 2. The van der Waals surface area contributed by atoms with E-state index in [0.29, 0.717) is 6.42 Å². The lowest BCUT2D eigenvalue weighted by atomic mass is 10.0. The number of oxime groups is 1. The third-order valence-corrected chi connectivity index (χ3v) is 4.91. The third kappa shape index (κ3) is 2.18. The summed E-state index contributed by atoms with van der Waals surface area (Å²) in [4.78, 5) is 14.1. The third-order valence-electron chi connectivity index (χ3n) is 4.91. The maximum Gasteiger partial charge on any atom is 0.226 e. The summed E-state index contributed by atoms with van der Waals surface area (Å²) in [5.74, 6) is 0.337. The van der Waals surface area contributed by atoms with Crippen LogP contribution in [-0.4, -0.2) is 34.9 Å². The number of hydrogen-bond acceptors (Lipinski definition) is 3. The van der Waals surface area contributed by atoms with Crippen molar-refractivity contribution in [2.24, 2.45) is 27.6 Å². The fourth-order valence-electron chi connectivity index (χ4n) is 2.72. The van der Waals surface area contributed by atoms with Crippen molar-refractivity contribution in [1.29, 1.82) is 0 Å². The van der Waals surface area contributed by atoms with Gasteiger partial charge in [0.15, 0.2) is 0 Å². The van der Waals surface area contributed by atoms with Crippen molar-refractivity contribution in [2.45, 2.75) is 47.1 Å². The maximum atomic E-state index is 12.4. The lowest BCUT2D eigenvalue weighted by Crippen LogP contribution is -2.39. The summed E-state index contributed by atoms with van der Waals surface area (Å²) in [7, 11) is 1.78. The van der Waals surface area contributed by atoms with Gasteiger partial charge in [-0.3, -0.25) is 4.79 Å². The largest absolute Gasteiger partial charge is 0.409 e. The van der Waals surface area contributed by atoms with Gasteiger partial charge in [-0.1, -0.05) is 32.9 Å². The smallest absolute Gasteiger partial charge is 0.226 e. The zero-order valence-corrected chi connectivity index (χ0v) is 12.2. The number of amides is 1. The lowest BCUT2D eigenvalue weighted by molar-refractivity contribution is -0.134. The first-order valence-corrected chi connectivity index (χ1v) is 6.30. The molecule has 1 atom stereocenters. The molecule has 1 rings (SSSR count). The van der Waals surface area contributed by atoms with Crippen molar-refractivity contribution in [2.75, 3.05) is 7.05 Å². The molecule has 0 saturated heterocycles. The van der Waals surface area contributed by atoms with Crippen LogP contribution in [0.25, 0.3) is 0 Å². The van der Waals surface area contributed by atoms with Gasteiger partial charge in [-0.25, -0.2) is 0 Å². The predicted octanol–water partition coefficient (Wildman–Crippen LogP) is 1.65. The molecule has 5 heteroatoms. The Hall–Kier alpha value is -1.26. The summed E-state index contributed by atoms with van der Waals surface area (Å²) < 4.78 is 0. The molecule has 5 nitrogen and oxygen atoms in total. The molecule has 0 heterocycles. The minimum Gasteiger partial charge on any atom is -0.409 e. The predicted molar refractivity (Wildman–Crippen MR) is 71.3 cm³/mol. The van der Waals surface area contributed by atoms with E-state index < -0.39 is 0 Å². The minimum absolute atomic E-state index is 0.0364. The van der Waals surface area contributed by atoms with Crippen LogP contribution in [0.1, 0.15) is 41.0 Å². The van der Waals surface area contributed by atoms with Crippen LogP contribution in [0.5, 0.6) is 0 Å². The fraction of sp³-hybridized carbons (Fsp3) is 0.846. The van der Waals surface area contributed by atoms with Crippen molar-refractivity contribution >= 4 is 11.7 Å². The van der Waals surface area contributed by atoms with Crippen LogP contribution in [-0.2, 0) is 4.79 Å². The summed E-state index contributed by atoms with van der Waals surface area (Å²) in [6, 6.07) is -0.0689. The molecule has 3 N–H and O–H groups in total. The summed E-state index contributed by atoms with van der Waals surface area (Å²) in [6.45, 7) is 10.4. The quantitative estimate of drug-likeness (QED) is 0.347. The molecule has 1 saturated carbocycles. The normalized spacial score (nSPS) is 23.6. The Kier molecular flexibility index (Phi) is 3.65. The number of carbonyl (C=O) groups is 1. The second kappa shape index (κ2) is 4.44. The molecule has 1 fully saturated rings. The first-order chi connectivity index (χ1) is 8.07. The summed E-state index contributed by atoms with van der Waals surface area (Å²) in [6.07, 6.45) is 0.381. The highest BCUT2D eigenvalue weighted by Gasteiger charge is 2.68. The summed E-state index contributed by atoms with van der Waals surface area (Å²) in [5.41, 5.74) is 5.54. The van der Waals surface area contributed by atoms with Gasteiger partial charge in [0.2, 0.25) is 5.91 Å². The van der Waals surface area contributed by atoms with E-state index in [0.717, 1.165) is 0 Å². The highest BCUT2D eigenvalue weighted by molar-refractivity contribution is 5.85. The molecule has 1 amide bonds. The van der Waals surface area contributed by atoms with Gasteiger partial charge in [0.05, 0.1) is 0 Å². The number of rotatable bonds is 4. The first-order valence-electron chi connectivity index (χ1n) is 6.30. The molecule has 1 aliphatic carbocycles. The average Bonchev–Trinajstić information content (AvgIpc) is 2.67. The van der Waals surface area contributed by atoms with E-state index in [2.05, 4.69) is 32.9 Å². The molecule has 0 aromatic carbocycles. The maximum absolute atomic E-state index is 12.4. The Morgan fingerprint density at radius 1 is 1.39 bits per heavy atom. The minimum atomic E-state index is -0.0689. The van der Waals surface area contributed by atoms with Crippen LogP contribution in [0.2, 0.25) is 0 Å². The van der Waals surface area contributed by atoms with E-state index in [1.165, 1.54) is 0 Å². The van der Waals surface area contributed by atoms with Crippen LogP contribution in [0.4, 0.5) is 0 Å². The van der Waals surface area contributed by atoms with Gasteiger partial charge >= 0.3 is 0 Å². The van der Waals surface area contributed by atoms with Gasteiger partial charge in [0, 0.05) is 25.4 Å². The van der Waals surface area contributed by atoms with Gasteiger partial charge in [-0.2, -0.15) is 0 Å². The van der Waals surface area contributed by atoms with Crippen LogP contribution >= 0.6 is 0 Å². The molecule has 18 heavy (non-hydrogen) atoms. The second-order valence-electron chi connectivity index (χ2n) is 6.47. The molecule has 0 aromatic rings. The van der Waals surface area contributed by atoms with Crippen molar-refractivity contribution in [3.8, 4) is 0 Å². The second-order valence-corrected chi connectivity index (χ2v) is 6.47. The van der Waals surface area contributed by atoms with Gasteiger partial charge < -0.3 is 15.8 Å². The van der Waals surface area contributed by atoms with Crippen LogP contribution in [0.3, 0.4) is 0 Å². The summed E-state index contributed by atoms with van der Waals surface area (Å²) >= 11 is 0. The van der Waals surface area contributed by atoms with Crippen LogP contribution in [0, 0.1) is 16.7 Å². The highest BCUT2D eigenvalue weighted by Crippen LogP contribution is 2.68. The Balaban J connectivity index is 2.70. The van der Waals surface area contributed by atoms with Crippen LogP contribution < -0.4 is 5.73 Å². The lowest BCUT2D eigenvalue weighted by Gasteiger charge is -2.25. The van der Waals surface area contributed by atoms with Gasteiger partial charge in [0.1, 0.15) is 5.84 Å². The number of amidine groups is 1. The van der Waals surface area contributed by atoms with E-state index in [-0.39, 0.29) is 34.5 Å². The van der Waals surface area contributed by atoms with E-state index in [4.69, 9.17) is 10.9 Å². The molecular weight excluding hydrogens is 230 g/mol. The molecule has 1 unspecified atom stereocenters. The zero-order valence-electron chi connectivity index (χ0n) is 12.2. The average molecular weight is 255 g/mol. The topological polar surface area (TPSA) is 78.9 Å². The van der Waals surface area contributed by atoms with E-state index in [1.807, 2.05) is 6.92 Å². The first kappa shape index (κ1) is 14.8.